The molecule has 0 aromatic heterocycles. The first-order valence-corrected chi connectivity index (χ1v) is 1.06. The van der Waals surface area contributed by atoms with E-state index in [1.165, 1.54) is 0 Å². The molecule has 0 amide bonds. The van der Waals surface area contributed by atoms with Gasteiger partial charge >= 0.3 is 7.12 Å². The minimum atomic E-state index is -3.00. The third kappa shape index (κ3) is 3.98. The van der Waals surface area contributed by atoms with E-state index < -0.39 is 20.2 Å². The minimum Gasteiger partial charge on any atom is -0.427 e. The molecule has 0 fully saturated rings. The molecule has 3 heteroatoms. The molecule has 0 spiro atoms. The van der Waals surface area contributed by atoms with Gasteiger partial charge in [0, 0.05) is 6.85 Å². The van der Waals surface area contributed by atoms with Gasteiger partial charge in [0.05, 0.1) is 0 Å². The van der Waals surface area contributed by atoms with Crippen molar-refractivity contribution in [2.45, 2.75) is 13.1 Å². The van der Waals surface area contributed by atoms with Crippen molar-refractivity contribution in [3.05, 3.63) is 0 Å². The molecule has 0 unspecified atom stereocenters. The van der Waals surface area contributed by atoms with Gasteiger partial charge < -0.3 is 10.0 Å². The van der Waals surface area contributed by atoms with Crippen molar-refractivity contribution in [1.29, 1.82) is 0 Å². The Balaban J connectivity index is 4.40. The molecule has 0 radical (unpaired) electrons. The second-order valence-electron chi connectivity index (χ2n) is 0.518. The predicted octanol–water partition coefficient (Wildman–Crippen LogP) is -0.521. The van der Waals surface area contributed by atoms with E-state index in [-0.39, 0.29) is 0 Å². The molecule has 0 saturated heterocycles. The van der Waals surface area contributed by atoms with E-state index in [0.29, 0.717) is 0 Å². The summed E-state index contributed by atoms with van der Waals surface area (Å²) in [5.41, 5.74) is 0. The van der Waals surface area contributed by atoms with Crippen LogP contribution in [0.4, 0.5) is 0 Å². The fourth-order valence-corrected chi connectivity index (χ4v) is 0. The van der Waals surface area contributed by atoms with Crippen molar-refractivity contribution in [3.8, 4) is 0 Å². The quantitative estimate of drug-likeness (QED) is 0.415. The first kappa shape index (κ1) is 0.981. The van der Waals surface area contributed by atoms with E-state index in [9.17, 15) is 0 Å². The van der Waals surface area contributed by atoms with Crippen LogP contribution in [-0.2, 0) is 0 Å². The van der Waals surface area contributed by atoms with Crippen LogP contribution >= 0.6 is 0 Å². The van der Waals surface area contributed by atoms with Crippen LogP contribution in [-0.4, -0.2) is 17.2 Å². The van der Waals surface area contributed by atoms with E-state index in [1.807, 2.05) is 0 Å². The number of rotatable bonds is 1. The average Bonchev–Trinajstić information content (AvgIpc) is 1.62. The summed E-state index contributed by atoms with van der Waals surface area (Å²) in [7, 11) is -2.47. The Labute approximate surface area is 38.6 Å². The maximum atomic E-state index is 8.24. The zero-order valence-corrected chi connectivity index (χ0v) is 2.47. The fourth-order valence-electron chi connectivity index (χ4n) is 0. The van der Waals surface area contributed by atoms with Gasteiger partial charge in [0.15, 0.2) is 0 Å². The second-order valence-corrected chi connectivity index (χ2v) is 0.518. The molecule has 0 aliphatic rings. The molecule has 0 aliphatic carbocycles. The van der Waals surface area contributed by atoms with E-state index in [0.717, 1.165) is 0 Å². The number of hydrogen-bond donors (Lipinski definition) is 2. The summed E-state index contributed by atoms with van der Waals surface area (Å²) in [5, 5.41) is 16.5. The van der Waals surface area contributed by atoms with E-state index >= 15 is 0 Å². The Morgan fingerprint density at radius 2 is 2.80 bits per heavy atom. The van der Waals surface area contributed by atoms with Crippen LogP contribution in [0.1, 0.15) is 13.7 Å². The van der Waals surface area contributed by atoms with Crippen LogP contribution in [0.3, 0.4) is 0 Å². The van der Waals surface area contributed by atoms with Gasteiger partial charge in [0.2, 0.25) is 0 Å². The maximum Gasteiger partial charge on any atom is 0.451 e. The molecule has 0 atom stereocenters. The maximum absolute atomic E-state index is 8.24. The Bertz CT molecular complexity index is 119. The highest BCUT2D eigenvalue weighted by molar-refractivity contribution is 6.40. The second kappa shape index (κ2) is 2.24. The highest BCUT2D eigenvalue weighted by atomic mass is 16.4. The molecule has 2 nitrogen and oxygen atoms in total. The lowest BCUT2D eigenvalue weighted by molar-refractivity contribution is 0.408. The molecule has 0 aromatic carbocycles. The van der Waals surface area contributed by atoms with Crippen molar-refractivity contribution < 1.29 is 16.9 Å². The van der Waals surface area contributed by atoms with Gasteiger partial charge in [-0.15, -0.1) is 0 Å². The van der Waals surface area contributed by atoms with Crippen LogP contribution in [0.25, 0.3) is 0 Å². The summed E-state index contributed by atoms with van der Waals surface area (Å²) in [5.74, 6) is 0. The lowest BCUT2D eigenvalue weighted by Crippen LogP contribution is -2.06. The van der Waals surface area contributed by atoms with Crippen molar-refractivity contribution in [2.24, 2.45) is 0 Å². The third-order valence-corrected chi connectivity index (χ3v) is 0.129. The summed E-state index contributed by atoms with van der Waals surface area (Å²) in [6, 6.07) is 0. The van der Waals surface area contributed by atoms with Gasteiger partial charge in [-0.25, -0.2) is 0 Å². The van der Waals surface area contributed by atoms with Crippen molar-refractivity contribution in [2.75, 3.05) is 0 Å². The van der Waals surface area contributed by atoms with Gasteiger partial charge in [0.25, 0.3) is 0 Å². The Morgan fingerprint density at radius 3 is 2.80 bits per heavy atom. The zero-order valence-electron chi connectivity index (χ0n) is 7.47. The summed E-state index contributed by atoms with van der Waals surface area (Å²) in [4.78, 5) is 0. The highest BCUT2D eigenvalue weighted by Gasteiger charge is 1.96. The van der Waals surface area contributed by atoms with Crippen LogP contribution < -0.4 is 0 Å². The normalized spacial score (nSPS) is 28.0. The smallest absolute Gasteiger partial charge is 0.427 e. The molecule has 0 aromatic rings. The fraction of sp³-hybridized carbons (Fsp3) is 1.00. The average molecular weight is 78.9 g/mol. The molecule has 0 rings (SSSR count). The van der Waals surface area contributed by atoms with Gasteiger partial charge in [-0.05, 0) is 6.27 Å². The largest absolute Gasteiger partial charge is 0.451 e. The van der Waals surface area contributed by atoms with Gasteiger partial charge in [-0.1, -0.05) is 6.85 Å². The molecule has 2 N–H and O–H groups in total. The van der Waals surface area contributed by atoms with Gasteiger partial charge in [-0.2, -0.15) is 0 Å². The standard InChI is InChI=1S/C2H7BO2/c1-2-3(4)5/h4-5H,2H2,1H3/i1D3,2D2. The Morgan fingerprint density at radius 1 is 2.20 bits per heavy atom. The third-order valence-electron chi connectivity index (χ3n) is 0.129. The predicted molar refractivity (Wildman–Crippen MR) is 20.7 cm³/mol. The highest BCUT2D eigenvalue weighted by Crippen LogP contribution is 1.73. The summed E-state index contributed by atoms with van der Waals surface area (Å²) < 4.78 is 32.8. The van der Waals surface area contributed by atoms with Crippen molar-refractivity contribution >= 4 is 7.12 Å². The first-order chi connectivity index (χ1) is 4.19. The Kier molecular flexibility index (Phi) is 0.438. The minimum absolute atomic E-state index is 2.47. The van der Waals surface area contributed by atoms with Crippen molar-refractivity contribution in [1.82, 2.24) is 0 Å². The first-order valence-electron chi connectivity index (χ1n) is 3.56. The van der Waals surface area contributed by atoms with E-state index in [1.54, 1.807) is 0 Å². The topological polar surface area (TPSA) is 40.5 Å². The molecular weight excluding hydrogens is 66.8 g/mol. The SMILES string of the molecule is [2H]C([2H])([2H])C([2H])([2H])B(O)O. The zero-order chi connectivity index (χ0) is 8.58. The monoisotopic (exact) mass is 79.1 g/mol. The van der Waals surface area contributed by atoms with Crippen LogP contribution in [0.5, 0.6) is 0 Å². The van der Waals surface area contributed by atoms with Gasteiger partial charge in [-0.3, -0.25) is 0 Å². The molecule has 0 bridgehead atoms. The van der Waals surface area contributed by atoms with Crippen LogP contribution in [0, 0.1) is 0 Å². The molecular formula is C2H7BO2. The Hall–Kier alpha value is -0.0151. The summed E-state index contributed by atoms with van der Waals surface area (Å²) in [6.45, 7) is -3.00. The molecule has 30 valence electrons. The van der Waals surface area contributed by atoms with E-state index in [4.69, 9.17) is 16.9 Å². The summed E-state index contributed by atoms with van der Waals surface area (Å²) >= 11 is 0. The van der Waals surface area contributed by atoms with Crippen molar-refractivity contribution in [3.63, 3.8) is 0 Å². The van der Waals surface area contributed by atoms with E-state index in [2.05, 4.69) is 0 Å². The molecule has 5 heavy (non-hydrogen) atoms. The molecule has 0 saturated carbocycles. The molecule has 0 aliphatic heterocycles. The lowest BCUT2D eigenvalue weighted by atomic mass is 9.88. The van der Waals surface area contributed by atoms with Crippen LogP contribution in [0.2, 0.25) is 6.27 Å². The van der Waals surface area contributed by atoms with Crippen LogP contribution in [0.15, 0.2) is 0 Å². The van der Waals surface area contributed by atoms with Gasteiger partial charge in [0.1, 0.15) is 0 Å². The molecule has 0 heterocycles. The number of hydrogen-bond acceptors (Lipinski definition) is 2. The lowest BCUT2D eigenvalue weighted by Gasteiger charge is -1.81. The summed E-state index contributed by atoms with van der Waals surface area (Å²) in [6.07, 6.45) is -2.95.